The lowest BCUT2D eigenvalue weighted by atomic mass is 9.97. The lowest BCUT2D eigenvalue weighted by Crippen LogP contribution is -2.43. The number of halogens is 3. The van der Waals surface area contributed by atoms with Gasteiger partial charge in [0.15, 0.2) is 0 Å². The molecule has 2 N–H and O–H groups in total. The zero-order valence-electron chi connectivity index (χ0n) is 18.7. The number of rotatable bonds is 9. The van der Waals surface area contributed by atoms with Crippen molar-refractivity contribution in [2.45, 2.75) is 25.6 Å². The highest BCUT2D eigenvalue weighted by molar-refractivity contribution is 7.82. The molecule has 186 valence electrons. The lowest BCUT2D eigenvalue weighted by molar-refractivity contribution is -0.274. The molecule has 0 aliphatic carbocycles. The van der Waals surface area contributed by atoms with E-state index in [4.69, 9.17) is 4.74 Å². The summed E-state index contributed by atoms with van der Waals surface area (Å²) in [6.07, 6.45) is -1.30. The average Bonchev–Trinajstić information content (AvgIpc) is 2.78. The number of anilines is 2. The number of piperidine rings is 1. The molecule has 9 nitrogen and oxygen atoms in total. The van der Waals surface area contributed by atoms with Crippen LogP contribution in [0.5, 0.6) is 11.8 Å². The number of hydrogen-bond donors (Lipinski definition) is 2. The summed E-state index contributed by atoms with van der Waals surface area (Å²) in [6, 6.07) is 7.58. The van der Waals surface area contributed by atoms with E-state index in [0.717, 1.165) is 12.0 Å². The minimum Gasteiger partial charge on any atom is -0.467 e. The molecule has 3 rings (SSSR count). The Balaban J connectivity index is 1.61. The maximum absolute atomic E-state index is 12.3. The first-order chi connectivity index (χ1) is 16.1. The van der Waals surface area contributed by atoms with Crippen molar-refractivity contribution in [1.29, 1.82) is 0 Å². The quantitative estimate of drug-likeness (QED) is 0.541. The SMILES string of the molecule is COc1nc(NCCc2ccc(OC(F)(F)F)cc2)cc(N2CCCC(C(=O)NS(C)=O)C2)n1. The number of carbonyl (C=O) groups excluding carboxylic acids is 1. The van der Waals surface area contributed by atoms with Gasteiger partial charge in [0.2, 0.25) is 5.91 Å². The Morgan fingerprint density at radius 3 is 2.65 bits per heavy atom. The Morgan fingerprint density at radius 1 is 1.26 bits per heavy atom. The van der Waals surface area contributed by atoms with Crippen LogP contribution in [0.2, 0.25) is 0 Å². The second-order valence-electron chi connectivity index (χ2n) is 7.67. The van der Waals surface area contributed by atoms with Crippen molar-refractivity contribution in [3.05, 3.63) is 35.9 Å². The summed E-state index contributed by atoms with van der Waals surface area (Å²) >= 11 is 0. The molecule has 1 saturated heterocycles. The normalized spacial score (nSPS) is 17.1. The van der Waals surface area contributed by atoms with E-state index in [1.54, 1.807) is 18.2 Å². The molecule has 13 heteroatoms. The number of ether oxygens (including phenoxy) is 2. The fourth-order valence-corrected chi connectivity index (χ4v) is 4.02. The summed E-state index contributed by atoms with van der Waals surface area (Å²) in [7, 11) is 0.0366. The van der Waals surface area contributed by atoms with Crippen LogP contribution < -0.4 is 24.4 Å². The van der Waals surface area contributed by atoms with Crippen molar-refractivity contribution in [3.8, 4) is 11.8 Å². The molecule has 0 saturated carbocycles. The second kappa shape index (κ2) is 11.4. The number of aromatic nitrogens is 2. The molecule has 0 radical (unpaired) electrons. The van der Waals surface area contributed by atoms with Crippen molar-refractivity contribution in [3.63, 3.8) is 0 Å². The fourth-order valence-electron chi connectivity index (χ4n) is 3.57. The third kappa shape index (κ3) is 7.75. The molecular weight excluding hydrogens is 475 g/mol. The molecular formula is C21H26F3N5O4S. The van der Waals surface area contributed by atoms with Crippen LogP contribution >= 0.6 is 0 Å². The molecule has 34 heavy (non-hydrogen) atoms. The van der Waals surface area contributed by atoms with Crippen LogP contribution in [-0.4, -0.2) is 59.4 Å². The van der Waals surface area contributed by atoms with E-state index < -0.39 is 17.3 Å². The van der Waals surface area contributed by atoms with Gasteiger partial charge < -0.3 is 19.7 Å². The summed E-state index contributed by atoms with van der Waals surface area (Å²) in [6.45, 7) is 1.59. The molecule has 1 amide bonds. The van der Waals surface area contributed by atoms with E-state index >= 15 is 0 Å². The first-order valence-electron chi connectivity index (χ1n) is 10.5. The van der Waals surface area contributed by atoms with Crippen molar-refractivity contribution in [2.75, 3.05) is 43.2 Å². The number of benzene rings is 1. The predicted octanol–water partition coefficient (Wildman–Crippen LogP) is 2.66. The fraction of sp³-hybridized carbons (Fsp3) is 0.476. The molecule has 1 aliphatic rings. The molecule has 2 unspecified atom stereocenters. The van der Waals surface area contributed by atoms with Crippen LogP contribution in [-0.2, 0) is 22.2 Å². The molecule has 2 aromatic rings. The molecule has 1 aromatic carbocycles. The number of alkyl halides is 3. The highest BCUT2D eigenvalue weighted by Gasteiger charge is 2.31. The summed E-state index contributed by atoms with van der Waals surface area (Å²) in [5, 5.41) is 3.17. The summed E-state index contributed by atoms with van der Waals surface area (Å²) in [4.78, 5) is 22.9. The van der Waals surface area contributed by atoms with Crippen LogP contribution in [0, 0.1) is 5.92 Å². The third-order valence-corrected chi connectivity index (χ3v) is 5.60. The van der Waals surface area contributed by atoms with Gasteiger partial charge >= 0.3 is 12.4 Å². The smallest absolute Gasteiger partial charge is 0.467 e. The van der Waals surface area contributed by atoms with Crippen molar-refractivity contribution >= 4 is 28.5 Å². The largest absolute Gasteiger partial charge is 0.573 e. The minimum absolute atomic E-state index is 0.162. The summed E-state index contributed by atoms with van der Waals surface area (Å²) < 4.78 is 59.7. The maximum atomic E-state index is 12.3. The highest BCUT2D eigenvalue weighted by Crippen LogP contribution is 2.26. The van der Waals surface area contributed by atoms with Gasteiger partial charge in [-0.1, -0.05) is 12.1 Å². The average molecular weight is 502 g/mol. The third-order valence-electron chi connectivity index (χ3n) is 5.11. The molecule has 1 fully saturated rings. The summed E-state index contributed by atoms with van der Waals surface area (Å²) in [5.74, 6) is 0.280. The molecule has 0 spiro atoms. The molecule has 1 aliphatic heterocycles. The molecule has 0 bridgehead atoms. The lowest BCUT2D eigenvalue weighted by Gasteiger charge is -2.32. The van der Waals surface area contributed by atoms with Crippen LogP contribution in [0.1, 0.15) is 18.4 Å². The van der Waals surface area contributed by atoms with Crippen molar-refractivity contribution < 1.29 is 31.6 Å². The van der Waals surface area contributed by atoms with Crippen LogP contribution in [0.3, 0.4) is 0 Å². The van der Waals surface area contributed by atoms with E-state index in [1.807, 2.05) is 4.90 Å². The predicted molar refractivity (Wildman–Crippen MR) is 121 cm³/mol. The molecule has 2 atom stereocenters. The Kier molecular flexibility index (Phi) is 8.53. The zero-order chi connectivity index (χ0) is 24.7. The van der Waals surface area contributed by atoms with Gasteiger partial charge in [-0.3, -0.25) is 9.52 Å². The van der Waals surface area contributed by atoms with Gasteiger partial charge in [0.1, 0.15) is 28.4 Å². The highest BCUT2D eigenvalue weighted by atomic mass is 32.2. The first kappa shape index (κ1) is 25.5. The Bertz CT molecular complexity index is 1010. The monoisotopic (exact) mass is 501 g/mol. The van der Waals surface area contributed by atoms with Gasteiger partial charge in [0, 0.05) is 32.0 Å². The Labute approximate surface area is 197 Å². The van der Waals surface area contributed by atoms with Gasteiger partial charge in [-0.05, 0) is 37.0 Å². The molecule has 1 aromatic heterocycles. The van der Waals surface area contributed by atoms with E-state index in [0.29, 0.717) is 44.1 Å². The number of nitrogens with zero attached hydrogens (tertiary/aromatic N) is 3. The standard InChI is InChI=1S/C21H26F3N5O4S/c1-32-20-26-17(25-10-9-14-5-7-16(8-6-14)33-21(22,23)24)12-18(27-20)29-11-3-4-15(13-29)19(30)28-34(2)31/h5-8,12,15H,3-4,9-11,13H2,1-2H3,(H,28,30)(H,25,26,27). The zero-order valence-corrected chi connectivity index (χ0v) is 19.5. The van der Waals surface area contributed by atoms with Crippen LogP contribution in [0.4, 0.5) is 24.8 Å². The number of methoxy groups -OCH3 is 1. The topological polar surface area (TPSA) is 106 Å². The summed E-state index contributed by atoms with van der Waals surface area (Å²) in [5.41, 5.74) is 0.821. The number of hydrogen-bond acceptors (Lipinski definition) is 8. The van der Waals surface area contributed by atoms with Gasteiger partial charge in [-0.2, -0.15) is 9.97 Å². The van der Waals surface area contributed by atoms with E-state index in [9.17, 15) is 22.2 Å². The van der Waals surface area contributed by atoms with E-state index in [-0.39, 0.29) is 23.6 Å². The van der Waals surface area contributed by atoms with Gasteiger partial charge in [-0.15, -0.1) is 13.2 Å². The minimum atomic E-state index is -4.72. The van der Waals surface area contributed by atoms with Gasteiger partial charge in [-0.25, -0.2) is 4.21 Å². The Hall–Kier alpha value is -3.09. The van der Waals surface area contributed by atoms with E-state index in [2.05, 4.69) is 24.7 Å². The number of nitrogens with one attached hydrogen (secondary N) is 2. The van der Waals surface area contributed by atoms with Crippen molar-refractivity contribution in [1.82, 2.24) is 14.7 Å². The molecule has 2 heterocycles. The number of amides is 1. The van der Waals surface area contributed by atoms with Crippen molar-refractivity contribution in [2.24, 2.45) is 5.92 Å². The van der Waals surface area contributed by atoms with E-state index in [1.165, 1.54) is 25.5 Å². The first-order valence-corrected chi connectivity index (χ1v) is 12.1. The second-order valence-corrected chi connectivity index (χ2v) is 8.78. The Morgan fingerprint density at radius 2 is 2.00 bits per heavy atom. The van der Waals surface area contributed by atoms with Crippen LogP contribution in [0.25, 0.3) is 0 Å². The maximum Gasteiger partial charge on any atom is 0.573 e. The number of carbonyl (C=O) groups is 1. The van der Waals surface area contributed by atoms with Gasteiger partial charge in [0.25, 0.3) is 0 Å². The van der Waals surface area contributed by atoms with Gasteiger partial charge in [0.05, 0.1) is 13.0 Å². The van der Waals surface area contributed by atoms with Crippen LogP contribution in [0.15, 0.2) is 30.3 Å².